The molecule has 4 aromatic rings. The molecule has 0 radical (unpaired) electrons. The van der Waals surface area contributed by atoms with Crippen molar-refractivity contribution in [2.24, 2.45) is 5.73 Å². The Morgan fingerprint density at radius 3 is 2.83 bits per heavy atom. The normalized spacial score (nSPS) is 12.1. The maximum Gasteiger partial charge on any atom is 0.262 e. The van der Waals surface area contributed by atoms with Crippen LogP contribution in [0.1, 0.15) is 33.8 Å². The minimum absolute atomic E-state index is 0.315. The molecule has 2 N–H and O–H groups in total. The van der Waals surface area contributed by atoms with E-state index >= 15 is 0 Å². The van der Waals surface area contributed by atoms with Crippen molar-refractivity contribution in [1.82, 2.24) is 9.55 Å². The quantitative estimate of drug-likeness (QED) is 0.422. The third-order valence-electron chi connectivity index (χ3n) is 4.72. The molecule has 0 aliphatic carbocycles. The summed E-state index contributed by atoms with van der Waals surface area (Å²) >= 11 is 7.50. The van der Waals surface area contributed by atoms with Crippen LogP contribution in [0.15, 0.2) is 54.9 Å². The van der Waals surface area contributed by atoms with Crippen molar-refractivity contribution in [2.45, 2.75) is 19.4 Å². The zero-order valence-electron chi connectivity index (χ0n) is 16.0. The van der Waals surface area contributed by atoms with E-state index in [1.807, 2.05) is 47.9 Å². The van der Waals surface area contributed by atoms with Gasteiger partial charge < -0.3 is 15.3 Å². The molecular weight excluding hydrogens is 422 g/mol. The molecular formula is C22H18ClN3O3S. The summed E-state index contributed by atoms with van der Waals surface area (Å²) in [4.78, 5) is 27.6. The molecule has 152 valence electrons. The molecule has 2 aromatic heterocycles. The summed E-state index contributed by atoms with van der Waals surface area (Å²) in [7, 11) is 0. The zero-order valence-corrected chi connectivity index (χ0v) is 17.6. The minimum atomic E-state index is -0.571. The lowest BCUT2D eigenvalue weighted by Gasteiger charge is -2.16. The third-order valence-corrected chi connectivity index (χ3v) is 6.20. The molecule has 0 fully saturated rings. The Kier molecular flexibility index (Phi) is 5.57. The first-order chi connectivity index (χ1) is 14.5. The number of imidazole rings is 1. The first kappa shape index (κ1) is 20.1. The van der Waals surface area contributed by atoms with Crippen molar-refractivity contribution < 1.29 is 14.3 Å². The van der Waals surface area contributed by atoms with Gasteiger partial charge in [-0.1, -0.05) is 35.9 Å². The van der Waals surface area contributed by atoms with Crippen LogP contribution in [0.25, 0.3) is 16.0 Å². The topological polar surface area (TPSA) is 87.2 Å². The number of hydrogen-bond acceptors (Lipinski definition) is 5. The molecule has 4 rings (SSSR count). The SMILES string of the molecule is CC(Oc1cc(-n2cnc3ccc(CC=O)cc32)sc1C(N)=O)c1ccccc1Cl. The average molecular weight is 440 g/mol. The number of amides is 1. The average Bonchev–Trinajstić information content (AvgIpc) is 3.32. The maximum absolute atomic E-state index is 12.1. The monoisotopic (exact) mass is 439 g/mol. The van der Waals surface area contributed by atoms with Gasteiger partial charge >= 0.3 is 0 Å². The lowest BCUT2D eigenvalue weighted by molar-refractivity contribution is -0.107. The van der Waals surface area contributed by atoms with Crippen molar-refractivity contribution in [3.63, 3.8) is 0 Å². The van der Waals surface area contributed by atoms with Gasteiger partial charge in [-0.25, -0.2) is 4.98 Å². The van der Waals surface area contributed by atoms with Gasteiger partial charge in [-0.15, -0.1) is 11.3 Å². The number of rotatable bonds is 7. The maximum atomic E-state index is 12.1. The molecule has 1 atom stereocenters. The number of ether oxygens (including phenoxy) is 1. The Hall–Kier alpha value is -3.16. The minimum Gasteiger partial charge on any atom is -0.484 e. The standard InChI is InChI=1S/C22H18ClN3O3S/c1-13(15-4-2-3-5-16(15)23)29-19-11-20(30-21(19)22(24)28)26-12-25-17-7-6-14(8-9-27)10-18(17)26/h2-7,9-13H,8H2,1H3,(H2,24,28). The summed E-state index contributed by atoms with van der Waals surface area (Å²) < 4.78 is 7.93. The van der Waals surface area contributed by atoms with Crippen molar-refractivity contribution >= 4 is 46.2 Å². The van der Waals surface area contributed by atoms with Gasteiger partial charge in [0.15, 0.2) is 0 Å². The first-order valence-corrected chi connectivity index (χ1v) is 10.4. The van der Waals surface area contributed by atoms with Crippen LogP contribution in [0.2, 0.25) is 5.02 Å². The molecule has 1 amide bonds. The first-order valence-electron chi connectivity index (χ1n) is 9.22. The fraction of sp³-hybridized carbons (Fsp3) is 0.136. The second-order valence-corrected chi connectivity index (χ2v) is 8.17. The van der Waals surface area contributed by atoms with Crippen molar-refractivity contribution in [3.05, 3.63) is 75.9 Å². The predicted octanol–water partition coefficient (Wildman–Crippen LogP) is 4.72. The number of primary amides is 1. The number of carbonyl (C=O) groups is 2. The second-order valence-electron chi connectivity index (χ2n) is 6.73. The molecule has 0 aliphatic rings. The van der Waals surface area contributed by atoms with Crippen LogP contribution in [0.4, 0.5) is 0 Å². The Morgan fingerprint density at radius 2 is 2.10 bits per heavy atom. The van der Waals surface area contributed by atoms with Crippen molar-refractivity contribution in [3.8, 4) is 10.8 Å². The number of thiophene rings is 1. The number of nitrogens with zero attached hydrogens (tertiary/aromatic N) is 2. The van der Waals surface area contributed by atoms with E-state index < -0.39 is 5.91 Å². The summed E-state index contributed by atoms with van der Waals surface area (Å²) in [6.45, 7) is 1.86. The number of nitrogens with two attached hydrogens (primary N) is 1. The molecule has 30 heavy (non-hydrogen) atoms. The highest BCUT2D eigenvalue weighted by Crippen LogP contribution is 2.37. The van der Waals surface area contributed by atoms with E-state index in [0.717, 1.165) is 33.4 Å². The number of hydrogen-bond donors (Lipinski definition) is 1. The largest absolute Gasteiger partial charge is 0.484 e. The van der Waals surface area contributed by atoms with Crippen LogP contribution in [0, 0.1) is 0 Å². The van der Waals surface area contributed by atoms with Gasteiger partial charge in [-0.2, -0.15) is 0 Å². The Bertz CT molecular complexity index is 1250. The summed E-state index contributed by atoms with van der Waals surface area (Å²) in [5.74, 6) is -0.181. The van der Waals surface area contributed by atoms with Crippen LogP contribution in [0.3, 0.4) is 0 Å². The lowest BCUT2D eigenvalue weighted by atomic mass is 10.1. The Morgan fingerprint density at radius 1 is 1.30 bits per heavy atom. The molecule has 2 aromatic carbocycles. The lowest BCUT2D eigenvalue weighted by Crippen LogP contribution is -2.12. The summed E-state index contributed by atoms with van der Waals surface area (Å²) in [5, 5.41) is 1.32. The third kappa shape index (κ3) is 3.81. The number of aromatic nitrogens is 2. The van der Waals surface area contributed by atoms with Crippen molar-refractivity contribution in [1.29, 1.82) is 0 Å². The predicted molar refractivity (Wildman–Crippen MR) is 118 cm³/mol. The van der Waals surface area contributed by atoms with Crippen LogP contribution >= 0.6 is 22.9 Å². The second kappa shape index (κ2) is 8.30. The van der Waals surface area contributed by atoms with Gasteiger partial charge in [0.1, 0.15) is 34.3 Å². The van der Waals surface area contributed by atoms with Gasteiger partial charge in [0.05, 0.1) is 11.0 Å². The fourth-order valence-corrected chi connectivity index (χ4v) is 4.47. The molecule has 6 nitrogen and oxygen atoms in total. The molecule has 0 saturated carbocycles. The van der Waals surface area contributed by atoms with Gasteiger partial charge in [-0.05, 0) is 30.7 Å². The van der Waals surface area contributed by atoms with Crippen LogP contribution < -0.4 is 10.5 Å². The molecule has 0 spiro atoms. The van der Waals surface area contributed by atoms with Crippen molar-refractivity contribution in [2.75, 3.05) is 0 Å². The van der Waals surface area contributed by atoms with E-state index in [2.05, 4.69) is 4.98 Å². The number of carbonyl (C=O) groups excluding carboxylic acids is 2. The van der Waals surface area contributed by atoms with E-state index in [9.17, 15) is 9.59 Å². The highest BCUT2D eigenvalue weighted by atomic mass is 35.5. The van der Waals surface area contributed by atoms with Crippen LogP contribution in [-0.2, 0) is 11.2 Å². The number of halogens is 1. The van der Waals surface area contributed by atoms with E-state index in [0.29, 0.717) is 22.1 Å². The highest BCUT2D eigenvalue weighted by molar-refractivity contribution is 7.16. The number of benzene rings is 2. The zero-order chi connectivity index (χ0) is 21.3. The fourth-order valence-electron chi connectivity index (χ4n) is 3.25. The Balaban J connectivity index is 1.74. The molecule has 1 unspecified atom stereocenters. The smallest absolute Gasteiger partial charge is 0.262 e. The molecule has 8 heteroatoms. The van der Waals surface area contributed by atoms with Gasteiger partial charge in [-0.3, -0.25) is 9.36 Å². The van der Waals surface area contributed by atoms with E-state index in [1.165, 1.54) is 11.3 Å². The molecule has 0 aliphatic heterocycles. The van der Waals surface area contributed by atoms with Gasteiger partial charge in [0.25, 0.3) is 5.91 Å². The van der Waals surface area contributed by atoms with Crippen LogP contribution in [0.5, 0.6) is 5.75 Å². The van der Waals surface area contributed by atoms with Crippen LogP contribution in [-0.4, -0.2) is 21.7 Å². The van der Waals surface area contributed by atoms with E-state index in [4.69, 9.17) is 22.1 Å². The van der Waals surface area contributed by atoms with E-state index in [-0.39, 0.29) is 6.10 Å². The van der Waals surface area contributed by atoms with Gasteiger partial charge in [0, 0.05) is 23.1 Å². The highest BCUT2D eigenvalue weighted by Gasteiger charge is 2.21. The van der Waals surface area contributed by atoms with Gasteiger partial charge in [0.2, 0.25) is 0 Å². The molecule has 0 bridgehead atoms. The molecule has 2 heterocycles. The number of aldehydes is 1. The van der Waals surface area contributed by atoms with E-state index in [1.54, 1.807) is 18.5 Å². The number of fused-ring (bicyclic) bond motifs is 1. The molecule has 0 saturated heterocycles. The summed E-state index contributed by atoms with van der Waals surface area (Å²) in [6.07, 6.45) is 2.48. The summed E-state index contributed by atoms with van der Waals surface area (Å²) in [6, 6.07) is 14.8. The Labute approximate surface area is 181 Å². The summed E-state index contributed by atoms with van der Waals surface area (Å²) in [5.41, 5.74) is 8.92.